The van der Waals surface area contributed by atoms with Gasteiger partial charge in [0.05, 0.1) is 10.6 Å². The Kier molecular flexibility index (Phi) is 3.91. The van der Waals surface area contributed by atoms with Gasteiger partial charge in [-0.2, -0.15) is 5.10 Å². The fraction of sp³-hybridized carbons (Fsp3) is 0.250. The standard InChI is InChI=1S/C12H11BrClN3O2/c1-7(2)10-11(17(18)19)12(14)16(15-10)9-5-3-4-8(13)6-9/h3-7H,1-2H3. The van der Waals surface area contributed by atoms with Crippen molar-refractivity contribution >= 4 is 33.2 Å². The van der Waals surface area contributed by atoms with Crippen molar-refractivity contribution in [3.05, 3.63) is 49.7 Å². The predicted molar refractivity (Wildman–Crippen MR) is 77.0 cm³/mol. The Morgan fingerprint density at radius 2 is 2.16 bits per heavy atom. The van der Waals surface area contributed by atoms with Gasteiger partial charge in [0.1, 0.15) is 5.69 Å². The molecule has 0 saturated heterocycles. The third kappa shape index (κ3) is 2.64. The van der Waals surface area contributed by atoms with Crippen LogP contribution >= 0.6 is 27.5 Å². The van der Waals surface area contributed by atoms with Crippen molar-refractivity contribution < 1.29 is 4.92 Å². The highest BCUT2D eigenvalue weighted by molar-refractivity contribution is 9.10. The lowest BCUT2D eigenvalue weighted by molar-refractivity contribution is -0.385. The van der Waals surface area contributed by atoms with Gasteiger partial charge in [0, 0.05) is 10.4 Å². The molecule has 0 fully saturated rings. The molecule has 0 amide bonds. The minimum absolute atomic E-state index is 0.0202. The minimum atomic E-state index is -0.487. The summed E-state index contributed by atoms with van der Waals surface area (Å²) in [4.78, 5) is 10.6. The average molecular weight is 345 g/mol. The van der Waals surface area contributed by atoms with Crippen LogP contribution in [0.25, 0.3) is 5.69 Å². The van der Waals surface area contributed by atoms with E-state index in [1.54, 1.807) is 12.1 Å². The highest BCUT2D eigenvalue weighted by Gasteiger charge is 2.28. The first-order valence-electron chi connectivity index (χ1n) is 5.60. The Hall–Kier alpha value is -1.40. The Morgan fingerprint density at radius 3 is 2.63 bits per heavy atom. The summed E-state index contributed by atoms with van der Waals surface area (Å²) in [5, 5.41) is 15.4. The van der Waals surface area contributed by atoms with E-state index in [4.69, 9.17) is 11.6 Å². The Bertz CT molecular complexity index is 640. The van der Waals surface area contributed by atoms with Gasteiger partial charge in [-0.15, -0.1) is 0 Å². The number of hydrogen-bond acceptors (Lipinski definition) is 3. The summed E-state index contributed by atoms with van der Waals surface area (Å²) in [6.45, 7) is 3.69. The summed E-state index contributed by atoms with van der Waals surface area (Å²) >= 11 is 9.45. The molecule has 0 aliphatic heterocycles. The monoisotopic (exact) mass is 343 g/mol. The lowest BCUT2D eigenvalue weighted by Gasteiger charge is -2.02. The highest BCUT2D eigenvalue weighted by Crippen LogP contribution is 2.34. The van der Waals surface area contributed by atoms with Crippen LogP contribution in [-0.2, 0) is 0 Å². The van der Waals surface area contributed by atoms with E-state index in [-0.39, 0.29) is 16.8 Å². The molecule has 5 nitrogen and oxygen atoms in total. The van der Waals surface area contributed by atoms with Gasteiger partial charge in [0.15, 0.2) is 0 Å². The minimum Gasteiger partial charge on any atom is -0.258 e. The molecule has 0 unspecified atom stereocenters. The second kappa shape index (κ2) is 5.30. The number of nitro groups is 1. The van der Waals surface area contributed by atoms with Gasteiger partial charge in [-0.3, -0.25) is 10.1 Å². The Morgan fingerprint density at radius 1 is 1.47 bits per heavy atom. The van der Waals surface area contributed by atoms with E-state index in [0.29, 0.717) is 11.4 Å². The lowest BCUT2D eigenvalue weighted by atomic mass is 10.1. The van der Waals surface area contributed by atoms with Gasteiger partial charge in [-0.05, 0) is 18.2 Å². The van der Waals surface area contributed by atoms with Crippen LogP contribution in [0.3, 0.4) is 0 Å². The summed E-state index contributed by atoms with van der Waals surface area (Å²) in [5.74, 6) is -0.0775. The number of aromatic nitrogens is 2. The van der Waals surface area contributed by atoms with E-state index < -0.39 is 4.92 Å². The van der Waals surface area contributed by atoms with E-state index in [0.717, 1.165) is 4.47 Å². The van der Waals surface area contributed by atoms with E-state index >= 15 is 0 Å². The zero-order chi connectivity index (χ0) is 14.2. The second-order valence-corrected chi connectivity index (χ2v) is 5.60. The molecule has 19 heavy (non-hydrogen) atoms. The van der Waals surface area contributed by atoms with Crippen molar-refractivity contribution in [3.8, 4) is 5.69 Å². The topological polar surface area (TPSA) is 61.0 Å². The highest BCUT2D eigenvalue weighted by atomic mass is 79.9. The lowest BCUT2D eigenvalue weighted by Crippen LogP contribution is -1.98. The molecule has 1 heterocycles. The first kappa shape index (κ1) is 14.0. The molecule has 0 atom stereocenters. The predicted octanol–water partition coefficient (Wildman–Crippen LogP) is 4.32. The Labute approximate surface area is 123 Å². The maximum absolute atomic E-state index is 11.1. The molecule has 1 aromatic heterocycles. The summed E-state index contributed by atoms with van der Waals surface area (Å²) < 4.78 is 2.24. The first-order chi connectivity index (χ1) is 8.91. The summed E-state index contributed by atoms with van der Waals surface area (Å²) in [5.41, 5.74) is 0.931. The number of nitrogens with zero attached hydrogens (tertiary/aromatic N) is 3. The van der Waals surface area contributed by atoms with E-state index in [1.807, 2.05) is 26.0 Å². The van der Waals surface area contributed by atoms with Crippen molar-refractivity contribution in [3.63, 3.8) is 0 Å². The third-order valence-electron chi connectivity index (χ3n) is 2.61. The van der Waals surface area contributed by atoms with E-state index in [9.17, 15) is 10.1 Å². The molecule has 0 bridgehead atoms. The van der Waals surface area contributed by atoms with Crippen LogP contribution in [0.2, 0.25) is 5.15 Å². The van der Waals surface area contributed by atoms with Crippen molar-refractivity contribution in [1.82, 2.24) is 9.78 Å². The average Bonchev–Trinajstić information content (AvgIpc) is 2.67. The molecular weight excluding hydrogens is 334 g/mol. The number of benzene rings is 1. The van der Waals surface area contributed by atoms with E-state index in [2.05, 4.69) is 21.0 Å². The summed E-state index contributed by atoms with van der Waals surface area (Å²) in [7, 11) is 0. The summed E-state index contributed by atoms with van der Waals surface area (Å²) in [6.07, 6.45) is 0. The van der Waals surface area contributed by atoms with Gasteiger partial charge in [-0.1, -0.05) is 47.4 Å². The molecule has 0 aliphatic rings. The fourth-order valence-electron chi connectivity index (χ4n) is 1.74. The molecule has 1 aromatic carbocycles. The molecule has 100 valence electrons. The molecule has 2 aromatic rings. The van der Waals surface area contributed by atoms with Gasteiger partial charge < -0.3 is 0 Å². The molecule has 0 aliphatic carbocycles. The number of rotatable bonds is 3. The van der Waals surface area contributed by atoms with Crippen LogP contribution in [0.1, 0.15) is 25.5 Å². The van der Waals surface area contributed by atoms with Crippen LogP contribution in [0.15, 0.2) is 28.7 Å². The SMILES string of the molecule is CC(C)c1nn(-c2cccc(Br)c2)c(Cl)c1[N+](=O)[O-]. The molecule has 7 heteroatoms. The van der Waals surface area contributed by atoms with E-state index in [1.165, 1.54) is 4.68 Å². The normalized spacial score (nSPS) is 11.0. The molecule has 0 N–H and O–H groups in total. The van der Waals surface area contributed by atoms with Crippen LogP contribution in [-0.4, -0.2) is 14.7 Å². The van der Waals surface area contributed by atoms with Crippen molar-refractivity contribution in [1.29, 1.82) is 0 Å². The van der Waals surface area contributed by atoms with Crippen LogP contribution in [0, 0.1) is 10.1 Å². The van der Waals surface area contributed by atoms with Gasteiger partial charge in [0.2, 0.25) is 5.15 Å². The Balaban J connectivity index is 2.66. The molecule has 0 saturated carbocycles. The second-order valence-electron chi connectivity index (χ2n) is 4.33. The van der Waals surface area contributed by atoms with Gasteiger partial charge in [-0.25, -0.2) is 4.68 Å². The van der Waals surface area contributed by atoms with Crippen LogP contribution in [0.5, 0.6) is 0 Å². The third-order valence-corrected chi connectivity index (χ3v) is 3.45. The van der Waals surface area contributed by atoms with Gasteiger partial charge >= 0.3 is 5.69 Å². The van der Waals surface area contributed by atoms with Gasteiger partial charge in [0.25, 0.3) is 0 Å². The van der Waals surface area contributed by atoms with Crippen molar-refractivity contribution in [2.45, 2.75) is 19.8 Å². The number of halogens is 2. The molecule has 2 rings (SSSR count). The van der Waals surface area contributed by atoms with Crippen LogP contribution in [0.4, 0.5) is 5.69 Å². The maximum Gasteiger partial charge on any atom is 0.329 e. The smallest absolute Gasteiger partial charge is 0.258 e. The van der Waals surface area contributed by atoms with Crippen molar-refractivity contribution in [2.75, 3.05) is 0 Å². The van der Waals surface area contributed by atoms with Crippen molar-refractivity contribution in [2.24, 2.45) is 0 Å². The largest absolute Gasteiger partial charge is 0.329 e. The van der Waals surface area contributed by atoms with Crippen LogP contribution < -0.4 is 0 Å². The first-order valence-corrected chi connectivity index (χ1v) is 6.77. The zero-order valence-corrected chi connectivity index (χ0v) is 12.6. The quantitative estimate of drug-likeness (QED) is 0.615. The summed E-state index contributed by atoms with van der Waals surface area (Å²) in [6, 6.07) is 7.27. The zero-order valence-electron chi connectivity index (χ0n) is 10.3. The molecule has 0 spiro atoms. The maximum atomic E-state index is 11.1. The molecular formula is C12H11BrClN3O2. The molecule has 0 radical (unpaired) electrons. The number of hydrogen-bond donors (Lipinski definition) is 0. The fourth-order valence-corrected chi connectivity index (χ4v) is 2.43.